The van der Waals surface area contributed by atoms with E-state index in [4.69, 9.17) is 4.42 Å². The van der Waals surface area contributed by atoms with E-state index in [0.717, 1.165) is 21.5 Å². The third kappa shape index (κ3) is 2.55. The second kappa shape index (κ2) is 6.17. The highest BCUT2D eigenvalue weighted by Crippen LogP contribution is 2.43. The van der Waals surface area contributed by atoms with Crippen LogP contribution in [0.2, 0.25) is 0 Å². The lowest BCUT2D eigenvalue weighted by molar-refractivity contribution is 0.482. The molecular weight excluding hydrogens is 400 g/mol. The Morgan fingerprint density at radius 3 is 1.74 bits per heavy atom. The Hall–Kier alpha value is -2.72. The van der Waals surface area contributed by atoms with Crippen LogP contribution < -0.4 is 0 Å². The van der Waals surface area contributed by atoms with Crippen molar-refractivity contribution >= 4 is 37.7 Å². The molecule has 5 rings (SSSR count). The van der Waals surface area contributed by atoms with Crippen molar-refractivity contribution in [1.29, 1.82) is 0 Å². The second-order valence-corrected chi connectivity index (χ2v) is 7.77. The monoisotopic (exact) mass is 418 g/mol. The van der Waals surface area contributed by atoms with Gasteiger partial charge in [0.25, 0.3) is 0 Å². The smallest absolute Gasteiger partial charge is 0.169 e. The highest BCUT2D eigenvalue weighted by atomic mass is 79.9. The van der Waals surface area contributed by atoms with Crippen molar-refractivity contribution in [3.05, 3.63) is 93.6 Å². The molecule has 2 aromatic carbocycles. The van der Waals surface area contributed by atoms with Gasteiger partial charge in [-0.15, -0.1) is 0 Å². The molecule has 0 fully saturated rings. The molecule has 0 bridgehead atoms. The maximum absolute atomic E-state index is 6.09. The van der Waals surface area contributed by atoms with Gasteiger partial charge in [0.2, 0.25) is 0 Å². The molecule has 0 unspecified atom stereocenters. The van der Waals surface area contributed by atoms with Crippen molar-refractivity contribution in [2.75, 3.05) is 0 Å². The highest BCUT2D eigenvalue weighted by molar-refractivity contribution is 9.10. The lowest BCUT2D eigenvalue weighted by Crippen LogP contribution is -2.04. The average molecular weight is 419 g/mol. The number of aromatic amines is 2. The minimum absolute atomic E-state index is 0.00333. The number of nitrogens with one attached hydrogen (secondary N) is 2. The first kappa shape index (κ1) is 16.5. The average Bonchev–Trinajstić information content (AvgIpc) is 3.32. The van der Waals surface area contributed by atoms with Gasteiger partial charge in [-0.25, -0.2) is 0 Å². The Balaban J connectivity index is 1.87. The summed E-state index contributed by atoms with van der Waals surface area (Å²) in [5.41, 5.74) is 7.16. The number of fused-ring (bicyclic) bond motifs is 2. The predicted molar refractivity (Wildman–Crippen MR) is 113 cm³/mol. The fourth-order valence-electron chi connectivity index (χ4n) is 4.25. The van der Waals surface area contributed by atoms with E-state index >= 15 is 0 Å². The lowest BCUT2D eigenvalue weighted by atomic mass is 9.85. The quantitative estimate of drug-likeness (QED) is 0.332. The fraction of sp³-hybridized carbons (Fsp3) is 0.130. The zero-order valence-electron chi connectivity index (χ0n) is 15.1. The molecule has 3 aromatic heterocycles. The number of benzene rings is 2. The first-order valence-electron chi connectivity index (χ1n) is 9.03. The van der Waals surface area contributed by atoms with E-state index < -0.39 is 0 Å². The van der Waals surface area contributed by atoms with Crippen LogP contribution in [-0.4, -0.2) is 9.97 Å². The summed E-state index contributed by atoms with van der Waals surface area (Å²) in [6.07, 6.45) is 0. The summed E-state index contributed by atoms with van der Waals surface area (Å²) >= 11 is 3.48. The number of aromatic nitrogens is 2. The van der Waals surface area contributed by atoms with Crippen LogP contribution in [0.3, 0.4) is 0 Å². The minimum atomic E-state index is 0.00333. The summed E-state index contributed by atoms with van der Waals surface area (Å²) in [7, 11) is 0. The van der Waals surface area contributed by atoms with Gasteiger partial charge in [-0.3, -0.25) is 0 Å². The molecule has 0 aliphatic rings. The summed E-state index contributed by atoms with van der Waals surface area (Å²) in [5.74, 6) is 0.936. The maximum atomic E-state index is 6.09. The molecule has 0 saturated heterocycles. The van der Waals surface area contributed by atoms with E-state index in [9.17, 15) is 0 Å². The molecule has 27 heavy (non-hydrogen) atoms. The third-order valence-electron chi connectivity index (χ3n) is 5.34. The van der Waals surface area contributed by atoms with Crippen molar-refractivity contribution in [1.82, 2.24) is 9.97 Å². The van der Waals surface area contributed by atoms with Crippen LogP contribution >= 0.6 is 15.9 Å². The summed E-state index contributed by atoms with van der Waals surface area (Å²) in [6.45, 7) is 4.29. The number of H-pyrrole nitrogens is 2. The second-order valence-electron chi connectivity index (χ2n) is 6.99. The van der Waals surface area contributed by atoms with E-state index in [1.54, 1.807) is 0 Å². The van der Waals surface area contributed by atoms with Gasteiger partial charge in [0.05, 0.1) is 5.92 Å². The Bertz CT molecular complexity index is 1190. The zero-order chi connectivity index (χ0) is 18.5. The molecule has 2 N–H and O–H groups in total. The van der Waals surface area contributed by atoms with Gasteiger partial charge in [-0.1, -0.05) is 36.4 Å². The van der Waals surface area contributed by atoms with Crippen molar-refractivity contribution in [2.45, 2.75) is 19.8 Å². The lowest BCUT2D eigenvalue weighted by Gasteiger charge is -2.17. The van der Waals surface area contributed by atoms with E-state index in [1.165, 1.54) is 33.3 Å². The summed E-state index contributed by atoms with van der Waals surface area (Å²) < 4.78 is 6.84. The van der Waals surface area contributed by atoms with Gasteiger partial charge in [-0.2, -0.15) is 0 Å². The molecule has 0 atom stereocenters. The van der Waals surface area contributed by atoms with E-state index in [-0.39, 0.29) is 5.92 Å². The molecule has 0 radical (unpaired) electrons. The van der Waals surface area contributed by atoms with Crippen molar-refractivity contribution in [2.24, 2.45) is 0 Å². The number of hydrogen-bond donors (Lipinski definition) is 2. The van der Waals surface area contributed by atoms with Crippen LogP contribution in [0.4, 0.5) is 0 Å². The van der Waals surface area contributed by atoms with Crippen LogP contribution in [0.25, 0.3) is 21.8 Å². The van der Waals surface area contributed by atoms with Crippen molar-refractivity contribution in [3.63, 3.8) is 0 Å². The Morgan fingerprint density at radius 2 is 1.26 bits per heavy atom. The van der Waals surface area contributed by atoms with Gasteiger partial charge >= 0.3 is 0 Å². The predicted octanol–water partition coefficient (Wildman–Crippen LogP) is 6.80. The van der Waals surface area contributed by atoms with Crippen LogP contribution in [0.5, 0.6) is 0 Å². The molecule has 0 saturated carbocycles. The Kier molecular flexibility index (Phi) is 3.76. The molecule has 0 aliphatic heterocycles. The number of hydrogen-bond acceptors (Lipinski definition) is 1. The van der Waals surface area contributed by atoms with Gasteiger partial charge in [0.1, 0.15) is 5.76 Å². The molecule has 134 valence electrons. The molecule has 0 aliphatic carbocycles. The van der Waals surface area contributed by atoms with Crippen molar-refractivity contribution < 1.29 is 4.42 Å². The summed E-state index contributed by atoms with van der Waals surface area (Å²) in [4.78, 5) is 7.10. The van der Waals surface area contributed by atoms with Crippen LogP contribution in [0.1, 0.15) is 34.2 Å². The SMILES string of the molecule is Cc1[nH]c2ccccc2c1C(c1ccc(Br)o1)c1c(C)[nH]c2ccccc12. The van der Waals surface area contributed by atoms with Gasteiger partial charge in [-0.05, 0) is 65.2 Å². The molecular formula is C23H19BrN2O. The van der Waals surface area contributed by atoms with E-state index in [1.807, 2.05) is 6.07 Å². The molecule has 3 nitrogen and oxygen atoms in total. The Labute approximate surface area is 165 Å². The van der Waals surface area contributed by atoms with Gasteiger partial charge in [0, 0.05) is 33.2 Å². The summed E-state index contributed by atoms with van der Waals surface area (Å²) in [5, 5.41) is 2.47. The summed E-state index contributed by atoms with van der Waals surface area (Å²) in [6, 6.07) is 21.0. The minimum Gasteiger partial charge on any atom is -0.453 e. The van der Waals surface area contributed by atoms with Gasteiger partial charge in [0.15, 0.2) is 4.67 Å². The molecule has 0 amide bonds. The zero-order valence-corrected chi connectivity index (χ0v) is 16.7. The molecule has 4 heteroatoms. The normalized spacial score (nSPS) is 11.9. The molecule has 3 heterocycles. The van der Waals surface area contributed by atoms with E-state index in [2.05, 4.69) is 94.3 Å². The van der Waals surface area contributed by atoms with Crippen LogP contribution in [-0.2, 0) is 0 Å². The maximum Gasteiger partial charge on any atom is 0.169 e. The first-order valence-corrected chi connectivity index (χ1v) is 9.82. The highest BCUT2D eigenvalue weighted by Gasteiger charge is 2.29. The van der Waals surface area contributed by atoms with Crippen LogP contribution in [0, 0.1) is 13.8 Å². The number of halogens is 1. The topological polar surface area (TPSA) is 44.7 Å². The molecule has 0 spiro atoms. The van der Waals surface area contributed by atoms with E-state index in [0.29, 0.717) is 0 Å². The standard InChI is InChI=1S/C23H19BrN2O/c1-13-21(15-7-3-5-9-17(15)25-13)23(19-11-12-20(24)27-19)22-14(2)26-18-10-6-4-8-16(18)22/h3-12,23,25-26H,1-2H3. The fourth-order valence-corrected chi connectivity index (χ4v) is 4.57. The first-order chi connectivity index (χ1) is 13.1. The largest absolute Gasteiger partial charge is 0.453 e. The Morgan fingerprint density at radius 1 is 0.741 bits per heavy atom. The third-order valence-corrected chi connectivity index (χ3v) is 5.77. The number of furan rings is 1. The number of para-hydroxylation sites is 2. The van der Waals surface area contributed by atoms with Crippen molar-refractivity contribution in [3.8, 4) is 0 Å². The number of aryl methyl sites for hydroxylation is 2. The van der Waals surface area contributed by atoms with Gasteiger partial charge < -0.3 is 14.4 Å². The van der Waals surface area contributed by atoms with Crippen LogP contribution in [0.15, 0.2) is 69.8 Å². The molecule has 5 aromatic rings. The number of rotatable bonds is 3.